The molecule has 1 aromatic carbocycles. The molecule has 1 unspecified atom stereocenters. The molecule has 20 heavy (non-hydrogen) atoms. The van der Waals surface area contributed by atoms with Crippen LogP contribution in [0.2, 0.25) is 0 Å². The largest absolute Gasteiger partial charge is 0.473 e. The zero-order valence-electron chi connectivity index (χ0n) is 11.9. The van der Waals surface area contributed by atoms with Gasteiger partial charge in [-0.25, -0.2) is 9.59 Å². The Labute approximate surface area is 118 Å². The van der Waals surface area contributed by atoms with E-state index in [1.807, 2.05) is 0 Å². The fraction of sp³-hybridized carbons (Fsp3) is 0.429. The lowest BCUT2D eigenvalue weighted by Gasteiger charge is -2.12. The maximum atomic E-state index is 9.10. The summed E-state index contributed by atoms with van der Waals surface area (Å²) in [6.45, 7) is 5.89. The van der Waals surface area contributed by atoms with Gasteiger partial charge in [-0.1, -0.05) is 29.8 Å². The van der Waals surface area contributed by atoms with Crippen molar-refractivity contribution in [2.45, 2.75) is 26.4 Å². The second-order valence-corrected chi connectivity index (χ2v) is 4.33. The van der Waals surface area contributed by atoms with Gasteiger partial charge in [0.25, 0.3) is 0 Å². The number of carbonyl (C=O) groups is 2. The van der Waals surface area contributed by atoms with E-state index < -0.39 is 11.9 Å². The lowest BCUT2D eigenvalue weighted by molar-refractivity contribution is -0.159. The van der Waals surface area contributed by atoms with Gasteiger partial charge in [-0.3, -0.25) is 0 Å². The normalized spacial score (nSPS) is 11.2. The fourth-order valence-corrected chi connectivity index (χ4v) is 1.31. The van der Waals surface area contributed by atoms with E-state index in [9.17, 15) is 0 Å². The van der Waals surface area contributed by atoms with Gasteiger partial charge in [0.2, 0.25) is 0 Å². The molecule has 0 fully saturated rings. The van der Waals surface area contributed by atoms with Crippen LogP contribution < -0.4 is 5.32 Å². The summed E-state index contributed by atoms with van der Waals surface area (Å²) in [5.74, 6) is -3.65. The lowest BCUT2D eigenvalue weighted by atomic mass is 10.1. The van der Waals surface area contributed by atoms with Gasteiger partial charge in [0.15, 0.2) is 0 Å². The minimum absolute atomic E-state index is 0.404. The number of hydrogen-bond donors (Lipinski definition) is 3. The number of carboxylic acids is 2. The Morgan fingerprint density at radius 2 is 1.70 bits per heavy atom. The summed E-state index contributed by atoms with van der Waals surface area (Å²) >= 11 is 0. The summed E-state index contributed by atoms with van der Waals surface area (Å²) in [5, 5.41) is 18.2. The third kappa shape index (κ3) is 9.07. The van der Waals surface area contributed by atoms with Crippen LogP contribution >= 0.6 is 0 Å². The van der Waals surface area contributed by atoms with Crippen molar-refractivity contribution in [2.24, 2.45) is 0 Å². The first kappa shape index (κ1) is 18.1. The molecule has 0 aliphatic heterocycles. The Morgan fingerprint density at radius 3 is 2.10 bits per heavy atom. The molecule has 6 nitrogen and oxygen atoms in total. The van der Waals surface area contributed by atoms with Crippen molar-refractivity contribution < 1.29 is 24.5 Å². The van der Waals surface area contributed by atoms with E-state index in [4.69, 9.17) is 24.5 Å². The number of rotatable bonds is 5. The van der Waals surface area contributed by atoms with Crippen LogP contribution in [0.25, 0.3) is 0 Å². The summed E-state index contributed by atoms with van der Waals surface area (Å²) < 4.78 is 5.05. The number of carboxylic acid groups (broad SMARTS) is 2. The van der Waals surface area contributed by atoms with Gasteiger partial charge in [-0.05, 0) is 19.4 Å². The summed E-state index contributed by atoms with van der Waals surface area (Å²) in [6.07, 6.45) is 0. The van der Waals surface area contributed by atoms with Crippen molar-refractivity contribution in [3.05, 3.63) is 35.4 Å². The molecule has 0 saturated carbocycles. The molecule has 0 radical (unpaired) electrons. The molecule has 0 spiro atoms. The number of ether oxygens (including phenoxy) is 1. The van der Waals surface area contributed by atoms with E-state index in [0.717, 1.165) is 13.2 Å². The number of benzene rings is 1. The summed E-state index contributed by atoms with van der Waals surface area (Å²) in [7, 11) is 1.73. The minimum Gasteiger partial charge on any atom is -0.473 e. The van der Waals surface area contributed by atoms with Crippen molar-refractivity contribution in [3.8, 4) is 0 Å². The molecule has 0 saturated heterocycles. The standard InChI is InChI=1S/C12H19NO.C2H2O4/c1-10-4-6-12(7-5-10)8-13-11(2)9-14-3;3-1(4)2(5)6/h4-7,11,13H,8-9H2,1-3H3;(H,3,4)(H,5,6). The van der Waals surface area contributed by atoms with Gasteiger partial charge < -0.3 is 20.3 Å². The Bertz CT molecular complexity index is 404. The summed E-state index contributed by atoms with van der Waals surface area (Å²) in [4.78, 5) is 18.2. The van der Waals surface area contributed by atoms with E-state index in [-0.39, 0.29) is 0 Å². The van der Waals surface area contributed by atoms with Crippen molar-refractivity contribution >= 4 is 11.9 Å². The Kier molecular flexibility index (Phi) is 8.98. The van der Waals surface area contributed by atoms with E-state index in [1.165, 1.54) is 11.1 Å². The predicted molar refractivity (Wildman–Crippen MR) is 74.6 cm³/mol. The molecule has 0 aliphatic carbocycles. The molecule has 3 N–H and O–H groups in total. The van der Waals surface area contributed by atoms with Gasteiger partial charge in [-0.2, -0.15) is 0 Å². The van der Waals surface area contributed by atoms with E-state index >= 15 is 0 Å². The Balaban J connectivity index is 0.000000511. The quantitative estimate of drug-likeness (QED) is 0.704. The molecule has 6 heteroatoms. The monoisotopic (exact) mass is 283 g/mol. The van der Waals surface area contributed by atoms with Gasteiger partial charge in [-0.15, -0.1) is 0 Å². The van der Waals surface area contributed by atoms with Gasteiger partial charge in [0.1, 0.15) is 0 Å². The van der Waals surface area contributed by atoms with Crippen molar-refractivity contribution in [2.75, 3.05) is 13.7 Å². The molecule has 112 valence electrons. The van der Waals surface area contributed by atoms with Gasteiger partial charge >= 0.3 is 11.9 Å². The maximum absolute atomic E-state index is 9.10. The fourth-order valence-electron chi connectivity index (χ4n) is 1.31. The topological polar surface area (TPSA) is 95.9 Å². The number of hydrogen-bond acceptors (Lipinski definition) is 4. The van der Waals surface area contributed by atoms with E-state index in [0.29, 0.717) is 6.04 Å². The molecular formula is C14H21NO5. The van der Waals surface area contributed by atoms with Crippen LogP contribution in [0.4, 0.5) is 0 Å². The summed E-state index contributed by atoms with van der Waals surface area (Å²) in [5.41, 5.74) is 2.62. The molecule has 1 rings (SSSR count). The number of aryl methyl sites for hydroxylation is 1. The number of methoxy groups -OCH3 is 1. The van der Waals surface area contributed by atoms with Crippen molar-refractivity contribution in [3.63, 3.8) is 0 Å². The highest BCUT2D eigenvalue weighted by atomic mass is 16.5. The SMILES string of the molecule is COCC(C)NCc1ccc(C)cc1.O=C(O)C(=O)O. The first-order valence-electron chi connectivity index (χ1n) is 6.11. The second kappa shape index (κ2) is 9.94. The van der Waals surface area contributed by atoms with Crippen LogP contribution in [0, 0.1) is 6.92 Å². The highest BCUT2D eigenvalue weighted by molar-refractivity contribution is 6.27. The molecule has 1 aromatic rings. The van der Waals surface area contributed by atoms with Gasteiger partial charge in [0.05, 0.1) is 6.61 Å². The zero-order chi connectivity index (χ0) is 15.5. The molecule has 0 heterocycles. The van der Waals surface area contributed by atoms with Crippen LogP contribution in [-0.4, -0.2) is 41.9 Å². The highest BCUT2D eigenvalue weighted by Gasteiger charge is 2.04. The number of nitrogens with one attached hydrogen (secondary N) is 1. The molecule has 1 atom stereocenters. The van der Waals surface area contributed by atoms with E-state index in [2.05, 4.69) is 43.4 Å². The maximum Gasteiger partial charge on any atom is 0.414 e. The highest BCUT2D eigenvalue weighted by Crippen LogP contribution is 2.02. The van der Waals surface area contributed by atoms with Crippen LogP contribution in [-0.2, 0) is 20.9 Å². The molecule has 0 aliphatic rings. The predicted octanol–water partition coefficient (Wildman–Crippen LogP) is 1.28. The number of aliphatic carboxylic acids is 2. The Morgan fingerprint density at radius 1 is 1.20 bits per heavy atom. The Hall–Kier alpha value is -1.92. The second-order valence-electron chi connectivity index (χ2n) is 4.33. The van der Waals surface area contributed by atoms with E-state index in [1.54, 1.807) is 7.11 Å². The average Bonchev–Trinajstić information content (AvgIpc) is 2.39. The minimum atomic E-state index is -1.82. The smallest absolute Gasteiger partial charge is 0.414 e. The molecule has 0 aromatic heterocycles. The lowest BCUT2D eigenvalue weighted by Crippen LogP contribution is -2.29. The summed E-state index contributed by atoms with van der Waals surface area (Å²) in [6, 6.07) is 8.99. The van der Waals surface area contributed by atoms with Crippen LogP contribution in [0.5, 0.6) is 0 Å². The molecular weight excluding hydrogens is 262 g/mol. The van der Waals surface area contributed by atoms with Crippen molar-refractivity contribution in [1.82, 2.24) is 5.32 Å². The molecule has 0 amide bonds. The van der Waals surface area contributed by atoms with Crippen LogP contribution in [0.1, 0.15) is 18.1 Å². The van der Waals surface area contributed by atoms with Gasteiger partial charge in [0, 0.05) is 19.7 Å². The average molecular weight is 283 g/mol. The van der Waals surface area contributed by atoms with Crippen molar-refractivity contribution in [1.29, 1.82) is 0 Å². The first-order chi connectivity index (χ1) is 9.36. The van der Waals surface area contributed by atoms with Crippen LogP contribution in [0.15, 0.2) is 24.3 Å². The third-order valence-corrected chi connectivity index (χ3v) is 2.37. The third-order valence-electron chi connectivity index (χ3n) is 2.37. The van der Waals surface area contributed by atoms with Crippen LogP contribution in [0.3, 0.4) is 0 Å². The first-order valence-corrected chi connectivity index (χ1v) is 6.11. The zero-order valence-corrected chi connectivity index (χ0v) is 11.9. The molecule has 0 bridgehead atoms.